The average molecular weight is 448 g/mol. The molecule has 7 heteroatoms. The molecule has 0 atom stereocenters. The molecule has 0 bridgehead atoms. The monoisotopic (exact) mass is 447 g/mol. The number of hydrogen-bond donors (Lipinski definition) is 2. The summed E-state index contributed by atoms with van der Waals surface area (Å²) in [7, 11) is 0. The van der Waals surface area contributed by atoms with Crippen LogP contribution in [0.15, 0.2) is 54.1 Å². The van der Waals surface area contributed by atoms with Gasteiger partial charge in [-0.05, 0) is 73.9 Å². The van der Waals surface area contributed by atoms with Gasteiger partial charge in [-0.15, -0.1) is 0 Å². The van der Waals surface area contributed by atoms with Crippen molar-refractivity contribution in [3.05, 3.63) is 87.2 Å². The van der Waals surface area contributed by atoms with E-state index in [1.807, 2.05) is 49.6 Å². The molecule has 0 aliphatic rings. The number of benzene rings is 2. The van der Waals surface area contributed by atoms with Crippen molar-refractivity contribution in [3.63, 3.8) is 0 Å². The predicted molar refractivity (Wildman–Crippen MR) is 125 cm³/mol. The SMILES string of the molecule is CCc1ccc(NC(=O)/C(C#N)=C\c2cc(C)n(-c3ccc(Cl)c(C(=O)O)c3)c2C)cc1. The van der Waals surface area contributed by atoms with Crippen molar-refractivity contribution in [2.75, 3.05) is 5.32 Å². The number of carboxylic acid groups (broad SMARTS) is 1. The lowest BCUT2D eigenvalue weighted by atomic mass is 10.1. The highest BCUT2D eigenvalue weighted by Gasteiger charge is 2.16. The molecule has 6 nitrogen and oxygen atoms in total. The molecule has 0 fully saturated rings. The minimum Gasteiger partial charge on any atom is -0.478 e. The fourth-order valence-electron chi connectivity index (χ4n) is 3.47. The molecule has 2 aromatic carbocycles. The highest BCUT2D eigenvalue weighted by Crippen LogP contribution is 2.26. The number of nitriles is 1. The number of rotatable bonds is 6. The number of nitrogens with zero attached hydrogens (tertiary/aromatic N) is 2. The molecular weight excluding hydrogens is 426 g/mol. The molecular formula is C25H22ClN3O3. The minimum absolute atomic E-state index is 0.0000537. The molecule has 162 valence electrons. The summed E-state index contributed by atoms with van der Waals surface area (Å²) in [6.07, 6.45) is 2.43. The number of hydrogen-bond acceptors (Lipinski definition) is 3. The molecule has 32 heavy (non-hydrogen) atoms. The molecule has 0 saturated carbocycles. The number of nitrogens with one attached hydrogen (secondary N) is 1. The van der Waals surface area contributed by atoms with E-state index < -0.39 is 11.9 Å². The number of carboxylic acids is 1. The molecule has 0 aliphatic heterocycles. The van der Waals surface area contributed by atoms with E-state index in [1.54, 1.807) is 18.2 Å². The van der Waals surface area contributed by atoms with Crippen molar-refractivity contribution >= 4 is 35.2 Å². The Morgan fingerprint density at radius 3 is 2.44 bits per heavy atom. The normalized spacial score (nSPS) is 11.2. The summed E-state index contributed by atoms with van der Waals surface area (Å²) in [4.78, 5) is 24.1. The van der Waals surface area contributed by atoms with Gasteiger partial charge in [0.2, 0.25) is 0 Å². The van der Waals surface area contributed by atoms with Gasteiger partial charge in [-0.1, -0.05) is 30.7 Å². The molecule has 0 aliphatic carbocycles. The zero-order valence-corrected chi connectivity index (χ0v) is 18.7. The van der Waals surface area contributed by atoms with E-state index in [1.165, 1.54) is 18.2 Å². The first-order chi connectivity index (χ1) is 15.2. The number of aryl methyl sites for hydroxylation is 2. The van der Waals surface area contributed by atoms with Crippen LogP contribution in [0.3, 0.4) is 0 Å². The fraction of sp³-hybridized carbons (Fsp3) is 0.160. The van der Waals surface area contributed by atoms with Crippen LogP contribution in [0, 0.1) is 25.2 Å². The van der Waals surface area contributed by atoms with E-state index in [0.29, 0.717) is 16.9 Å². The van der Waals surface area contributed by atoms with Crippen molar-refractivity contribution in [1.82, 2.24) is 4.57 Å². The van der Waals surface area contributed by atoms with Crippen LogP contribution in [-0.4, -0.2) is 21.6 Å². The first-order valence-corrected chi connectivity index (χ1v) is 10.4. The summed E-state index contributed by atoms with van der Waals surface area (Å²) >= 11 is 5.99. The van der Waals surface area contributed by atoms with Gasteiger partial charge in [0.25, 0.3) is 5.91 Å². The van der Waals surface area contributed by atoms with Crippen molar-refractivity contribution in [3.8, 4) is 11.8 Å². The molecule has 2 N–H and O–H groups in total. The van der Waals surface area contributed by atoms with Gasteiger partial charge in [-0.25, -0.2) is 4.79 Å². The molecule has 3 aromatic rings. The Bertz CT molecular complexity index is 1260. The fourth-order valence-corrected chi connectivity index (χ4v) is 3.67. The van der Waals surface area contributed by atoms with Crippen LogP contribution in [0.5, 0.6) is 0 Å². The van der Waals surface area contributed by atoms with E-state index in [2.05, 4.69) is 5.32 Å². The highest BCUT2D eigenvalue weighted by molar-refractivity contribution is 6.33. The highest BCUT2D eigenvalue weighted by atomic mass is 35.5. The topological polar surface area (TPSA) is 95.1 Å². The Morgan fingerprint density at radius 2 is 1.84 bits per heavy atom. The summed E-state index contributed by atoms with van der Waals surface area (Å²) in [6, 6.07) is 16.0. The zero-order valence-electron chi connectivity index (χ0n) is 17.9. The van der Waals surface area contributed by atoms with Crippen molar-refractivity contribution < 1.29 is 14.7 Å². The third-order valence-corrected chi connectivity index (χ3v) is 5.52. The molecule has 0 saturated heterocycles. The third-order valence-electron chi connectivity index (χ3n) is 5.19. The summed E-state index contributed by atoms with van der Waals surface area (Å²) in [6.45, 7) is 5.75. The van der Waals surface area contributed by atoms with Crippen LogP contribution in [0.1, 0.15) is 39.8 Å². The number of amides is 1. The van der Waals surface area contributed by atoms with Crippen molar-refractivity contribution in [1.29, 1.82) is 5.26 Å². The molecule has 1 aromatic heterocycles. The van der Waals surface area contributed by atoms with E-state index in [-0.39, 0.29) is 16.2 Å². The number of aromatic nitrogens is 1. The Kier molecular flexibility index (Phi) is 6.82. The predicted octanol–water partition coefficient (Wildman–Crippen LogP) is 5.55. The lowest BCUT2D eigenvalue weighted by Crippen LogP contribution is -2.13. The number of anilines is 1. The Morgan fingerprint density at radius 1 is 1.16 bits per heavy atom. The second-order valence-electron chi connectivity index (χ2n) is 7.31. The van der Waals surface area contributed by atoms with Gasteiger partial charge >= 0.3 is 5.97 Å². The lowest BCUT2D eigenvalue weighted by molar-refractivity contribution is -0.112. The average Bonchev–Trinajstić information content (AvgIpc) is 3.05. The van der Waals surface area contributed by atoms with Crippen LogP contribution < -0.4 is 5.32 Å². The van der Waals surface area contributed by atoms with Gasteiger partial charge in [-0.2, -0.15) is 5.26 Å². The first kappa shape index (κ1) is 22.9. The van der Waals surface area contributed by atoms with Gasteiger partial charge in [0, 0.05) is 22.8 Å². The van der Waals surface area contributed by atoms with Gasteiger partial charge in [0.1, 0.15) is 11.6 Å². The maximum atomic E-state index is 12.6. The number of halogens is 1. The van der Waals surface area contributed by atoms with Crippen LogP contribution >= 0.6 is 11.6 Å². The maximum absolute atomic E-state index is 12.6. The number of carbonyl (C=O) groups excluding carboxylic acids is 1. The van der Waals surface area contributed by atoms with Crippen LogP contribution in [-0.2, 0) is 11.2 Å². The molecule has 1 heterocycles. The Hall–Kier alpha value is -3.82. The van der Waals surface area contributed by atoms with Crippen LogP contribution in [0.25, 0.3) is 11.8 Å². The van der Waals surface area contributed by atoms with Gasteiger partial charge in [-0.3, -0.25) is 4.79 Å². The minimum atomic E-state index is -1.12. The molecule has 0 radical (unpaired) electrons. The third kappa shape index (κ3) is 4.74. The van der Waals surface area contributed by atoms with Gasteiger partial charge in [0.15, 0.2) is 0 Å². The Labute approximate surface area is 191 Å². The summed E-state index contributed by atoms with van der Waals surface area (Å²) < 4.78 is 1.85. The number of aromatic carboxylic acids is 1. The van der Waals surface area contributed by atoms with E-state index in [0.717, 1.165) is 23.4 Å². The molecule has 0 spiro atoms. The smallest absolute Gasteiger partial charge is 0.337 e. The zero-order chi connectivity index (χ0) is 23.4. The standard InChI is InChI=1S/C25H22ClN3O3/c1-4-17-5-7-20(8-6-17)28-24(30)19(14-27)12-18-11-15(2)29(16(18)3)21-9-10-23(26)22(13-21)25(31)32/h5-13H,4H2,1-3H3,(H,28,30)(H,31,32)/b19-12-. The van der Waals surface area contributed by atoms with E-state index in [9.17, 15) is 20.0 Å². The first-order valence-electron chi connectivity index (χ1n) is 9.99. The summed E-state index contributed by atoms with van der Waals surface area (Å²) in [5.41, 5.74) is 4.62. The van der Waals surface area contributed by atoms with Crippen molar-refractivity contribution in [2.24, 2.45) is 0 Å². The quantitative estimate of drug-likeness (QED) is 0.382. The molecule has 1 amide bonds. The summed E-state index contributed by atoms with van der Waals surface area (Å²) in [5.74, 6) is -1.61. The largest absolute Gasteiger partial charge is 0.478 e. The molecule has 3 rings (SSSR count). The van der Waals surface area contributed by atoms with Crippen molar-refractivity contribution in [2.45, 2.75) is 27.2 Å². The van der Waals surface area contributed by atoms with E-state index in [4.69, 9.17) is 11.6 Å². The summed E-state index contributed by atoms with van der Waals surface area (Å²) in [5, 5.41) is 21.8. The van der Waals surface area contributed by atoms with Gasteiger partial charge in [0.05, 0.1) is 10.6 Å². The lowest BCUT2D eigenvalue weighted by Gasteiger charge is -2.11. The molecule has 0 unspecified atom stereocenters. The van der Waals surface area contributed by atoms with Crippen LogP contribution in [0.4, 0.5) is 5.69 Å². The van der Waals surface area contributed by atoms with Crippen LogP contribution in [0.2, 0.25) is 5.02 Å². The van der Waals surface area contributed by atoms with Gasteiger partial charge < -0.3 is 15.0 Å². The maximum Gasteiger partial charge on any atom is 0.337 e. The van der Waals surface area contributed by atoms with E-state index >= 15 is 0 Å². The second-order valence-corrected chi connectivity index (χ2v) is 7.71. The Balaban J connectivity index is 1.94. The second kappa shape index (κ2) is 9.54. The number of carbonyl (C=O) groups is 2.